The van der Waals surface area contributed by atoms with Crippen LogP contribution < -0.4 is 44.3 Å². The molecule has 12 N–H and O–H groups in total. The van der Waals surface area contributed by atoms with E-state index in [-0.39, 0.29) is 12.1 Å². The zero-order valence-corrected chi connectivity index (χ0v) is 28.3. The van der Waals surface area contributed by atoms with Crippen LogP contribution in [-0.2, 0) is 0 Å². The molecular weight excluding hydrogens is 641 g/mol. The molecule has 8 nitrogen and oxygen atoms in total. The molecule has 0 spiro atoms. The Kier molecular flexibility index (Phi) is 7.36. The Morgan fingerprint density at radius 2 is 0.712 bits per heavy atom. The van der Waals surface area contributed by atoms with Crippen molar-refractivity contribution in [2.24, 2.45) is 0 Å². The highest BCUT2D eigenvalue weighted by molar-refractivity contribution is 5.89. The molecule has 0 fully saturated rings. The van der Waals surface area contributed by atoms with Crippen molar-refractivity contribution in [2.75, 3.05) is 22.9 Å². The van der Waals surface area contributed by atoms with Gasteiger partial charge in [-0.15, -0.1) is 0 Å². The lowest BCUT2D eigenvalue weighted by atomic mass is 9.98. The maximum Gasteiger partial charge on any atom is 0.0728 e. The fourth-order valence-corrected chi connectivity index (χ4v) is 7.50. The molecule has 0 radical (unpaired) electrons. The molecule has 9 rings (SSSR count). The summed E-state index contributed by atoms with van der Waals surface area (Å²) in [6, 6.07) is 40.5. The molecule has 6 aromatic rings. The predicted octanol–water partition coefficient (Wildman–Crippen LogP) is 5.36. The van der Waals surface area contributed by atoms with E-state index >= 15 is 0 Å². The standard InChI is InChI=1S/C44H38N8/c45-29-9-1-25(2-10-29)41-33-17-19-35(49-33)42(26-3-11-30(46)12-4-26)37-21-23-39(51-37)44(28-7-15-32(48)16-8-28)40-24-22-38(52-40)43(36-20-18-34(41)50-36)27-5-13-31(47)14-6-27/h1-24,33,38,49-52H,45-48H2/b41-34-,42-35-,43-36-,44-40-. The lowest BCUT2D eigenvalue weighted by molar-refractivity contribution is 0.849. The third-order valence-corrected chi connectivity index (χ3v) is 10.0. The fraction of sp³-hybridized carbons (Fsp3) is 0.0455. The number of aromatic nitrogens is 2. The molecule has 0 saturated heterocycles. The number of fused-ring (bicyclic) bond motifs is 8. The maximum atomic E-state index is 6.17. The van der Waals surface area contributed by atoms with Crippen LogP contribution in [0, 0.1) is 0 Å². The summed E-state index contributed by atoms with van der Waals surface area (Å²) in [5.41, 5.74) is 39.9. The van der Waals surface area contributed by atoms with Gasteiger partial charge in [0.2, 0.25) is 0 Å². The average molecular weight is 679 g/mol. The molecule has 2 atom stereocenters. The van der Waals surface area contributed by atoms with Crippen molar-refractivity contribution in [3.05, 3.63) is 201 Å². The first-order chi connectivity index (χ1) is 25.4. The Bertz CT molecular complexity index is 2400. The summed E-state index contributed by atoms with van der Waals surface area (Å²) in [7, 11) is 0. The Morgan fingerprint density at radius 1 is 0.365 bits per heavy atom. The van der Waals surface area contributed by atoms with Gasteiger partial charge in [-0.3, -0.25) is 0 Å². The van der Waals surface area contributed by atoms with Gasteiger partial charge in [-0.1, -0.05) is 60.7 Å². The molecule has 5 heterocycles. The lowest BCUT2D eigenvalue weighted by Gasteiger charge is -2.20. The topological polar surface area (TPSA) is 160 Å². The third kappa shape index (κ3) is 5.52. The first-order valence-electron chi connectivity index (χ1n) is 17.3. The van der Waals surface area contributed by atoms with E-state index in [1.807, 2.05) is 48.5 Å². The molecule has 2 aromatic heterocycles. The number of anilines is 4. The van der Waals surface area contributed by atoms with Crippen LogP contribution in [0.15, 0.2) is 157 Å². The van der Waals surface area contributed by atoms with Crippen LogP contribution in [0.25, 0.3) is 22.3 Å². The summed E-state index contributed by atoms with van der Waals surface area (Å²) >= 11 is 0. The molecule has 3 aliphatic heterocycles. The maximum absolute atomic E-state index is 6.17. The number of hydrogen-bond donors (Lipinski definition) is 8. The Hall–Kier alpha value is -7.06. The summed E-state index contributed by atoms with van der Waals surface area (Å²) in [5.74, 6) is 0. The van der Waals surface area contributed by atoms with Gasteiger partial charge in [0.25, 0.3) is 0 Å². The van der Waals surface area contributed by atoms with Gasteiger partial charge in [0.05, 0.1) is 12.1 Å². The highest BCUT2D eigenvalue weighted by Crippen LogP contribution is 2.36. The van der Waals surface area contributed by atoms with Crippen LogP contribution in [0.4, 0.5) is 22.7 Å². The van der Waals surface area contributed by atoms with E-state index in [4.69, 9.17) is 22.9 Å². The van der Waals surface area contributed by atoms with E-state index in [1.54, 1.807) is 0 Å². The van der Waals surface area contributed by atoms with Crippen LogP contribution in [0.1, 0.15) is 33.6 Å². The van der Waals surface area contributed by atoms with E-state index in [0.717, 1.165) is 78.0 Å². The Labute approximate surface area is 301 Å². The molecule has 254 valence electrons. The van der Waals surface area contributed by atoms with Crippen molar-refractivity contribution in [3.63, 3.8) is 0 Å². The summed E-state index contributed by atoms with van der Waals surface area (Å²) < 4.78 is 0. The predicted molar refractivity (Wildman–Crippen MR) is 213 cm³/mol. The molecule has 8 bridgehead atoms. The highest BCUT2D eigenvalue weighted by atomic mass is 15.0. The number of nitrogens with one attached hydrogen (secondary N) is 4. The second-order valence-corrected chi connectivity index (χ2v) is 13.4. The van der Waals surface area contributed by atoms with Crippen molar-refractivity contribution in [2.45, 2.75) is 12.1 Å². The smallest absolute Gasteiger partial charge is 0.0728 e. The van der Waals surface area contributed by atoms with Crippen LogP contribution >= 0.6 is 0 Å². The third-order valence-electron chi connectivity index (χ3n) is 10.0. The van der Waals surface area contributed by atoms with Gasteiger partial charge in [-0.05, 0) is 107 Å². The monoisotopic (exact) mass is 678 g/mol. The first kappa shape index (κ1) is 31.0. The van der Waals surface area contributed by atoms with Crippen molar-refractivity contribution in [3.8, 4) is 0 Å². The molecule has 52 heavy (non-hydrogen) atoms. The van der Waals surface area contributed by atoms with Gasteiger partial charge < -0.3 is 43.5 Å². The van der Waals surface area contributed by atoms with Crippen LogP contribution in [-0.4, -0.2) is 22.1 Å². The largest absolute Gasteiger partial charge is 0.399 e. The molecule has 3 aliphatic rings. The fourth-order valence-electron chi connectivity index (χ4n) is 7.50. The molecule has 8 heteroatoms. The minimum Gasteiger partial charge on any atom is -0.399 e. The zero-order valence-electron chi connectivity index (χ0n) is 28.3. The highest BCUT2D eigenvalue weighted by Gasteiger charge is 2.27. The summed E-state index contributed by atoms with van der Waals surface area (Å²) in [6.45, 7) is 0. The number of nitrogen functional groups attached to an aromatic ring is 4. The SMILES string of the molecule is Nc1ccc(/C2=C3\C=CC(N3)/C(c3ccc(N)cc3)=c3/cc/c([nH]3)=C(\c3ccc(N)cc3)C3C=C/C(=C(\c4ccc(N)cc4)c4ccc2[nH]4)N3)cc1. The van der Waals surface area contributed by atoms with Crippen molar-refractivity contribution < 1.29 is 0 Å². The second kappa shape index (κ2) is 12.4. The normalized spacial score (nSPS) is 22.7. The minimum absolute atomic E-state index is 0.141. The zero-order chi connectivity index (χ0) is 35.3. The summed E-state index contributed by atoms with van der Waals surface area (Å²) in [6.07, 6.45) is 8.79. The van der Waals surface area contributed by atoms with Gasteiger partial charge in [-0.25, -0.2) is 0 Å². The number of rotatable bonds is 4. The second-order valence-electron chi connectivity index (χ2n) is 13.4. The van der Waals surface area contributed by atoms with E-state index in [1.165, 1.54) is 0 Å². The van der Waals surface area contributed by atoms with Gasteiger partial charge in [0.1, 0.15) is 0 Å². The first-order valence-corrected chi connectivity index (χ1v) is 17.3. The number of benzene rings is 4. The van der Waals surface area contributed by atoms with Crippen LogP contribution in [0.2, 0.25) is 0 Å². The van der Waals surface area contributed by atoms with Gasteiger partial charge in [-0.2, -0.15) is 0 Å². The molecule has 2 unspecified atom stereocenters. The number of H-pyrrole nitrogens is 2. The van der Waals surface area contributed by atoms with Gasteiger partial charge in [0.15, 0.2) is 0 Å². The van der Waals surface area contributed by atoms with Gasteiger partial charge >= 0.3 is 0 Å². The quantitative estimate of drug-likeness (QED) is 0.117. The number of hydrogen-bond acceptors (Lipinski definition) is 6. The average Bonchev–Trinajstić information content (AvgIpc) is 3.99. The number of nitrogens with two attached hydrogens (primary N) is 4. The molecule has 0 amide bonds. The molecule has 0 aliphatic carbocycles. The lowest BCUT2D eigenvalue weighted by Crippen LogP contribution is -2.31. The minimum atomic E-state index is -0.141. The molecule has 0 saturated carbocycles. The van der Waals surface area contributed by atoms with Crippen molar-refractivity contribution in [1.82, 2.24) is 20.6 Å². The summed E-state index contributed by atoms with van der Waals surface area (Å²) in [5, 5.41) is 9.76. The molecule has 4 aromatic carbocycles. The summed E-state index contributed by atoms with van der Waals surface area (Å²) in [4.78, 5) is 7.65. The van der Waals surface area contributed by atoms with Crippen LogP contribution in [0.3, 0.4) is 0 Å². The van der Waals surface area contributed by atoms with Crippen LogP contribution in [0.5, 0.6) is 0 Å². The van der Waals surface area contributed by atoms with E-state index in [0.29, 0.717) is 22.7 Å². The van der Waals surface area contributed by atoms with E-state index in [2.05, 4.69) is 118 Å². The van der Waals surface area contributed by atoms with E-state index in [9.17, 15) is 0 Å². The molecular formula is C44H38N8. The van der Waals surface area contributed by atoms with Crippen molar-refractivity contribution in [1.29, 1.82) is 0 Å². The number of aromatic amines is 2. The van der Waals surface area contributed by atoms with Gasteiger partial charge in [0, 0.05) is 78.5 Å². The Balaban J connectivity index is 1.35. The van der Waals surface area contributed by atoms with E-state index < -0.39 is 0 Å². The Morgan fingerprint density at radius 3 is 1.08 bits per heavy atom. The number of allylic oxidation sites excluding steroid dienone is 2. The van der Waals surface area contributed by atoms with Crippen molar-refractivity contribution >= 4 is 45.0 Å².